The maximum absolute atomic E-state index is 12.5. The Hall–Kier alpha value is -2.28. The Labute approximate surface area is 141 Å². The first-order valence-corrected chi connectivity index (χ1v) is 7.85. The monoisotopic (exact) mass is 337 g/mol. The van der Waals surface area contributed by atoms with Gasteiger partial charge >= 0.3 is 5.97 Å². The quantitative estimate of drug-likeness (QED) is 0.808. The van der Waals surface area contributed by atoms with Gasteiger partial charge in [-0.1, -0.05) is 0 Å². The SMILES string of the molecule is COc1ccc(OC)c(CCC(=O)N2CCOCC2CC(=O)O)c1. The number of aliphatic carboxylic acids is 1. The van der Waals surface area contributed by atoms with Crippen LogP contribution >= 0.6 is 0 Å². The molecule has 1 aromatic rings. The van der Waals surface area contributed by atoms with Gasteiger partial charge in [0.1, 0.15) is 11.5 Å². The summed E-state index contributed by atoms with van der Waals surface area (Å²) in [4.78, 5) is 25.1. The van der Waals surface area contributed by atoms with Crippen LogP contribution in [0.3, 0.4) is 0 Å². The number of amides is 1. The average molecular weight is 337 g/mol. The van der Waals surface area contributed by atoms with Crippen molar-refractivity contribution < 1.29 is 28.9 Å². The van der Waals surface area contributed by atoms with E-state index in [2.05, 4.69) is 0 Å². The van der Waals surface area contributed by atoms with Crippen LogP contribution in [0.25, 0.3) is 0 Å². The highest BCUT2D eigenvalue weighted by Gasteiger charge is 2.28. The molecule has 0 aromatic heterocycles. The van der Waals surface area contributed by atoms with E-state index in [0.717, 1.165) is 5.56 Å². The van der Waals surface area contributed by atoms with Gasteiger partial charge < -0.3 is 24.2 Å². The lowest BCUT2D eigenvalue weighted by atomic mass is 10.1. The van der Waals surface area contributed by atoms with Gasteiger partial charge in [-0.2, -0.15) is 0 Å². The Kier molecular flexibility index (Phi) is 6.43. The van der Waals surface area contributed by atoms with E-state index in [1.807, 2.05) is 6.07 Å². The molecule has 0 spiro atoms. The Morgan fingerprint density at radius 2 is 2.12 bits per heavy atom. The predicted octanol–water partition coefficient (Wildman–Crippen LogP) is 1.34. The third-order valence-corrected chi connectivity index (χ3v) is 4.05. The van der Waals surface area contributed by atoms with Gasteiger partial charge in [0.2, 0.25) is 5.91 Å². The number of morpholine rings is 1. The molecule has 1 aliphatic rings. The maximum atomic E-state index is 12.5. The molecule has 1 aliphatic heterocycles. The second kappa shape index (κ2) is 8.54. The van der Waals surface area contributed by atoms with Crippen LogP contribution < -0.4 is 9.47 Å². The van der Waals surface area contributed by atoms with Crippen molar-refractivity contribution in [3.8, 4) is 11.5 Å². The molecule has 2 rings (SSSR count). The third-order valence-electron chi connectivity index (χ3n) is 4.05. The molecule has 1 amide bonds. The number of carbonyl (C=O) groups excluding carboxylic acids is 1. The first-order chi connectivity index (χ1) is 11.5. The van der Waals surface area contributed by atoms with Crippen molar-refractivity contribution in [1.29, 1.82) is 0 Å². The van der Waals surface area contributed by atoms with E-state index in [4.69, 9.17) is 19.3 Å². The average Bonchev–Trinajstić information content (AvgIpc) is 2.59. The fourth-order valence-corrected chi connectivity index (χ4v) is 2.82. The molecule has 0 saturated carbocycles. The molecule has 0 bridgehead atoms. The zero-order valence-electron chi connectivity index (χ0n) is 14.0. The minimum atomic E-state index is -0.933. The van der Waals surface area contributed by atoms with Crippen molar-refractivity contribution in [1.82, 2.24) is 4.90 Å². The van der Waals surface area contributed by atoms with E-state index in [1.54, 1.807) is 31.3 Å². The lowest BCUT2D eigenvalue weighted by molar-refractivity contribution is -0.146. The molecule has 1 saturated heterocycles. The minimum absolute atomic E-state index is 0.0746. The molecule has 0 aliphatic carbocycles. The van der Waals surface area contributed by atoms with Gasteiger partial charge in [0.15, 0.2) is 0 Å². The summed E-state index contributed by atoms with van der Waals surface area (Å²) in [7, 11) is 3.17. The molecule has 1 unspecified atom stereocenters. The third kappa shape index (κ3) is 4.61. The second-order valence-electron chi connectivity index (χ2n) is 5.59. The van der Waals surface area contributed by atoms with E-state index in [1.165, 1.54) is 0 Å². The summed E-state index contributed by atoms with van der Waals surface area (Å²) in [5.74, 6) is 0.397. The highest BCUT2D eigenvalue weighted by molar-refractivity contribution is 5.78. The molecule has 1 aromatic carbocycles. The van der Waals surface area contributed by atoms with Crippen LogP contribution in [0.5, 0.6) is 11.5 Å². The van der Waals surface area contributed by atoms with E-state index >= 15 is 0 Å². The van der Waals surface area contributed by atoms with Crippen molar-refractivity contribution in [3.63, 3.8) is 0 Å². The molecular formula is C17H23NO6. The maximum Gasteiger partial charge on any atom is 0.305 e. The molecule has 24 heavy (non-hydrogen) atoms. The van der Waals surface area contributed by atoms with Gasteiger partial charge in [0, 0.05) is 13.0 Å². The summed E-state index contributed by atoms with van der Waals surface area (Å²) in [6.45, 7) is 1.12. The van der Waals surface area contributed by atoms with Crippen LogP contribution in [-0.4, -0.2) is 61.9 Å². The number of hydrogen-bond acceptors (Lipinski definition) is 5. The van der Waals surface area contributed by atoms with Crippen LogP contribution in [0.15, 0.2) is 18.2 Å². The van der Waals surface area contributed by atoms with Gasteiger partial charge in [0.05, 0.1) is 39.9 Å². The lowest BCUT2D eigenvalue weighted by Gasteiger charge is -2.35. The van der Waals surface area contributed by atoms with Gasteiger partial charge in [0.25, 0.3) is 0 Å². The molecule has 132 valence electrons. The van der Waals surface area contributed by atoms with Crippen molar-refractivity contribution in [3.05, 3.63) is 23.8 Å². The zero-order chi connectivity index (χ0) is 17.5. The Morgan fingerprint density at radius 1 is 1.33 bits per heavy atom. The first kappa shape index (κ1) is 18.1. The van der Waals surface area contributed by atoms with Crippen LogP contribution in [0.1, 0.15) is 18.4 Å². The molecule has 0 radical (unpaired) electrons. The minimum Gasteiger partial charge on any atom is -0.497 e. The fraction of sp³-hybridized carbons (Fsp3) is 0.529. The Morgan fingerprint density at radius 3 is 2.79 bits per heavy atom. The first-order valence-electron chi connectivity index (χ1n) is 7.85. The number of carboxylic acid groups (broad SMARTS) is 1. The predicted molar refractivity (Wildman–Crippen MR) is 86.4 cm³/mol. The van der Waals surface area contributed by atoms with Crippen molar-refractivity contribution >= 4 is 11.9 Å². The van der Waals surface area contributed by atoms with E-state index in [9.17, 15) is 9.59 Å². The summed E-state index contributed by atoms with van der Waals surface area (Å²) in [5, 5.41) is 8.98. The van der Waals surface area contributed by atoms with Gasteiger partial charge in [-0.15, -0.1) is 0 Å². The summed E-state index contributed by atoms with van der Waals surface area (Å²) in [6.07, 6.45) is 0.671. The number of methoxy groups -OCH3 is 2. The van der Waals surface area contributed by atoms with Crippen LogP contribution in [-0.2, 0) is 20.7 Å². The molecule has 7 nitrogen and oxygen atoms in total. The Balaban J connectivity index is 2.02. The number of aryl methyl sites for hydroxylation is 1. The number of nitrogens with zero attached hydrogens (tertiary/aromatic N) is 1. The topological polar surface area (TPSA) is 85.3 Å². The van der Waals surface area contributed by atoms with Crippen molar-refractivity contribution in [2.45, 2.75) is 25.3 Å². The van der Waals surface area contributed by atoms with Gasteiger partial charge in [-0.05, 0) is 30.2 Å². The number of ether oxygens (including phenoxy) is 3. The highest BCUT2D eigenvalue weighted by atomic mass is 16.5. The second-order valence-corrected chi connectivity index (χ2v) is 5.59. The summed E-state index contributed by atoms with van der Waals surface area (Å²) < 4.78 is 15.8. The van der Waals surface area contributed by atoms with Gasteiger partial charge in [-0.3, -0.25) is 9.59 Å². The summed E-state index contributed by atoms with van der Waals surface area (Å²) in [5.41, 5.74) is 0.883. The summed E-state index contributed by atoms with van der Waals surface area (Å²) in [6, 6.07) is 5.05. The Bertz CT molecular complexity index is 588. The van der Waals surface area contributed by atoms with Crippen LogP contribution in [0.4, 0.5) is 0 Å². The summed E-state index contributed by atoms with van der Waals surface area (Å²) >= 11 is 0. The van der Waals surface area contributed by atoms with Crippen molar-refractivity contribution in [2.75, 3.05) is 34.0 Å². The van der Waals surface area contributed by atoms with E-state index in [0.29, 0.717) is 31.1 Å². The standard InChI is InChI=1S/C17H23NO6/c1-22-14-4-5-15(23-2)12(9-14)3-6-16(19)18-7-8-24-11-13(18)10-17(20)21/h4-5,9,13H,3,6-8,10-11H2,1-2H3,(H,20,21). The number of rotatable bonds is 7. The van der Waals surface area contributed by atoms with E-state index in [-0.39, 0.29) is 25.4 Å². The molecule has 1 atom stereocenters. The zero-order valence-corrected chi connectivity index (χ0v) is 14.0. The smallest absolute Gasteiger partial charge is 0.305 e. The number of benzene rings is 1. The fourth-order valence-electron chi connectivity index (χ4n) is 2.82. The molecule has 1 N–H and O–H groups in total. The van der Waals surface area contributed by atoms with Crippen LogP contribution in [0, 0.1) is 0 Å². The number of hydrogen-bond donors (Lipinski definition) is 1. The molecular weight excluding hydrogens is 314 g/mol. The van der Waals surface area contributed by atoms with Crippen molar-refractivity contribution in [2.24, 2.45) is 0 Å². The molecule has 1 heterocycles. The molecule has 7 heteroatoms. The normalized spacial score (nSPS) is 17.4. The lowest BCUT2D eigenvalue weighted by Crippen LogP contribution is -2.49. The highest BCUT2D eigenvalue weighted by Crippen LogP contribution is 2.25. The number of carbonyl (C=O) groups is 2. The van der Waals surface area contributed by atoms with Crippen LogP contribution in [0.2, 0.25) is 0 Å². The number of carboxylic acids is 1. The van der Waals surface area contributed by atoms with E-state index < -0.39 is 12.0 Å². The molecule has 1 fully saturated rings. The van der Waals surface area contributed by atoms with Gasteiger partial charge in [-0.25, -0.2) is 0 Å². The largest absolute Gasteiger partial charge is 0.497 e.